The summed E-state index contributed by atoms with van der Waals surface area (Å²) in [7, 11) is 0. The van der Waals surface area contributed by atoms with E-state index in [1.165, 1.54) is 0 Å². The van der Waals surface area contributed by atoms with Crippen LogP contribution >= 0.6 is 0 Å². The lowest BCUT2D eigenvalue weighted by atomic mass is 9.81. The number of hydrogen-bond donors (Lipinski definition) is 4. The molecule has 3 unspecified atom stereocenters. The van der Waals surface area contributed by atoms with Crippen molar-refractivity contribution in [2.45, 2.75) is 66.4 Å². The Morgan fingerprint density at radius 1 is 0.950 bits per heavy atom. The van der Waals surface area contributed by atoms with Gasteiger partial charge in [0.2, 0.25) is 0 Å². The van der Waals surface area contributed by atoms with Crippen molar-refractivity contribution in [3.8, 4) is 0 Å². The standard InChI is InChI=1S/2C8H18O2/c1-4-8(7(3)10)6(2)5-9;1-3-8(2,4-6-9)5-7-10/h6-10H,4-5H2,1-3H3;9-10H,3-7H2,1-2H3. The van der Waals surface area contributed by atoms with E-state index in [4.69, 9.17) is 15.3 Å². The lowest BCUT2D eigenvalue weighted by Crippen LogP contribution is -2.25. The molecule has 0 saturated carbocycles. The molecule has 0 rings (SSSR count). The zero-order chi connectivity index (χ0) is 16.2. The Kier molecular flexibility index (Phi) is 13.9. The van der Waals surface area contributed by atoms with Crippen LogP contribution in [-0.2, 0) is 0 Å². The van der Waals surface area contributed by atoms with Crippen LogP contribution in [0.1, 0.15) is 60.3 Å². The number of aliphatic hydroxyl groups is 4. The van der Waals surface area contributed by atoms with E-state index >= 15 is 0 Å². The largest absolute Gasteiger partial charge is 0.396 e. The summed E-state index contributed by atoms with van der Waals surface area (Å²) in [6, 6.07) is 0. The van der Waals surface area contributed by atoms with E-state index in [-0.39, 0.29) is 43.2 Å². The molecule has 0 aliphatic carbocycles. The van der Waals surface area contributed by atoms with Crippen LogP contribution in [0.2, 0.25) is 0 Å². The van der Waals surface area contributed by atoms with E-state index in [2.05, 4.69) is 13.8 Å². The summed E-state index contributed by atoms with van der Waals surface area (Å²) in [5.41, 5.74) is 0.142. The Labute approximate surface area is 124 Å². The molecule has 20 heavy (non-hydrogen) atoms. The first-order chi connectivity index (χ1) is 9.31. The van der Waals surface area contributed by atoms with Gasteiger partial charge < -0.3 is 20.4 Å². The van der Waals surface area contributed by atoms with E-state index in [1.54, 1.807) is 6.92 Å². The van der Waals surface area contributed by atoms with Crippen molar-refractivity contribution in [2.75, 3.05) is 19.8 Å². The minimum atomic E-state index is -0.299. The summed E-state index contributed by atoms with van der Waals surface area (Å²) in [5.74, 6) is 0.454. The molecule has 0 aliphatic heterocycles. The van der Waals surface area contributed by atoms with E-state index in [0.717, 1.165) is 25.7 Å². The molecular formula is C16H36O4. The Balaban J connectivity index is 0. The fraction of sp³-hybridized carbons (Fsp3) is 1.00. The first-order valence-electron chi connectivity index (χ1n) is 7.82. The molecule has 0 aromatic carbocycles. The lowest BCUT2D eigenvalue weighted by molar-refractivity contribution is 0.0650. The summed E-state index contributed by atoms with van der Waals surface area (Å²) in [6.07, 6.45) is 3.24. The zero-order valence-electron chi connectivity index (χ0n) is 14.0. The van der Waals surface area contributed by atoms with Crippen LogP contribution in [0.4, 0.5) is 0 Å². The number of rotatable bonds is 9. The first kappa shape index (κ1) is 22.1. The van der Waals surface area contributed by atoms with Gasteiger partial charge in [-0.15, -0.1) is 0 Å². The minimum absolute atomic E-state index is 0.142. The van der Waals surface area contributed by atoms with Gasteiger partial charge in [-0.2, -0.15) is 0 Å². The second-order valence-electron chi connectivity index (χ2n) is 6.08. The van der Waals surface area contributed by atoms with Crippen LogP contribution in [0.25, 0.3) is 0 Å². The van der Waals surface area contributed by atoms with Gasteiger partial charge in [-0.3, -0.25) is 0 Å². The lowest BCUT2D eigenvalue weighted by Gasteiger charge is -2.26. The fourth-order valence-electron chi connectivity index (χ4n) is 2.37. The van der Waals surface area contributed by atoms with Crippen LogP contribution in [0.5, 0.6) is 0 Å². The average molecular weight is 292 g/mol. The maximum atomic E-state index is 9.20. The van der Waals surface area contributed by atoms with Crippen molar-refractivity contribution >= 4 is 0 Å². The van der Waals surface area contributed by atoms with Crippen LogP contribution in [-0.4, -0.2) is 46.4 Å². The van der Waals surface area contributed by atoms with E-state index in [1.807, 2.05) is 13.8 Å². The minimum Gasteiger partial charge on any atom is -0.396 e. The van der Waals surface area contributed by atoms with Crippen molar-refractivity contribution in [1.29, 1.82) is 0 Å². The molecule has 0 radical (unpaired) electrons. The third kappa shape index (κ3) is 9.70. The molecule has 0 fully saturated rings. The second-order valence-corrected chi connectivity index (χ2v) is 6.08. The zero-order valence-corrected chi connectivity index (χ0v) is 14.0. The Morgan fingerprint density at radius 3 is 1.55 bits per heavy atom. The van der Waals surface area contributed by atoms with Crippen LogP contribution in [0.15, 0.2) is 0 Å². The molecule has 4 heteroatoms. The number of aliphatic hydroxyl groups excluding tert-OH is 4. The van der Waals surface area contributed by atoms with Gasteiger partial charge in [0.1, 0.15) is 0 Å². The van der Waals surface area contributed by atoms with E-state index < -0.39 is 0 Å². The van der Waals surface area contributed by atoms with Crippen molar-refractivity contribution in [3.05, 3.63) is 0 Å². The van der Waals surface area contributed by atoms with Gasteiger partial charge in [0.25, 0.3) is 0 Å². The van der Waals surface area contributed by atoms with Crippen molar-refractivity contribution in [2.24, 2.45) is 17.3 Å². The molecule has 0 spiro atoms. The van der Waals surface area contributed by atoms with Crippen LogP contribution < -0.4 is 0 Å². The maximum absolute atomic E-state index is 9.20. The third-order valence-corrected chi connectivity index (χ3v) is 4.39. The molecule has 0 aromatic heterocycles. The SMILES string of the molecule is CCC(C(C)O)C(C)CO.CCC(C)(CCO)CCO. The Morgan fingerprint density at radius 2 is 1.40 bits per heavy atom. The van der Waals surface area contributed by atoms with Crippen LogP contribution in [0, 0.1) is 17.3 Å². The molecule has 4 N–H and O–H groups in total. The first-order valence-corrected chi connectivity index (χ1v) is 7.82. The van der Waals surface area contributed by atoms with Crippen molar-refractivity contribution in [3.63, 3.8) is 0 Å². The summed E-state index contributed by atoms with van der Waals surface area (Å²) in [4.78, 5) is 0. The van der Waals surface area contributed by atoms with Gasteiger partial charge in [-0.1, -0.05) is 40.5 Å². The summed E-state index contributed by atoms with van der Waals surface area (Å²) >= 11 is 0. The second kappa shape index (κ2) is 12.6. The molecule has 124 valence electrons. The Bertz CT molecular complexity index is 201. The van der Waals surface area contributed by atoms with Crippen molar-refractivity contribution < 1.29 is 20.4 Å². The van der Waals surface area contributed by atoms with Crippen molar-refractivity contribution in [1.82, 2.24) is 0 Å². The quantitative estimate of drug-likeness (QED) is 0.525. The third-order valence-electron chi connectivity index (χ3n) is 4.39. The van der Waals surface area contributed by atoms with E-state index in [0.29, 0.717) is 0 Å². The number of hydrogen-bond acceptors (Lipinski definition) is 4. The normalized spacial score (nSPS) is 16.1. The molecule has 4 nitrogen and oxygen atoms in total. The monoisotopic (exact) mass is 292 g/mol. The highest BCUT2D eigenvalue weighted by Gasteiger charge is 2.20. The highest BCUT2D eigenvalue weighted by molar-refractivity contribution is 4.71. The maximum Gasteiger partial charge on any atom is 0.0543 e. The Hall–Kier alpha value is -0.160. The highest BCUT2D eigenvalue weighted by atomic mass is 16.3. The highest BCUT2D eigenvalue weighted by Crippen LogP contribution is 2.28. The molecule has 0 bridgehead atoms. The topological polar surface area (TPSA) is 80.9 Å². The summed E-state index contributed by atoms with van der Waals surface area (Å²) < 4.78 is 0. The van der Waals surface area contributed by atoms with Gasteiger partial charge in [-0.05, 0) is 37.0 Å². The molecule has 0 aliphatic rings. The van der Waals surface area contributed by atoms with Gasteiger partial charge >= 0.3 is 0 Å². The molecule has 0 aromatic rings. The predicted octanol–water partition coefficient (Wildman–Crippen LogP) is 2.19. The van der Waals surface area contributed by atoms with E-state index in [9.17, 15) is 5.11 Å². The molecule has 3 atom stereocenters. The van der Waals surface area contributed by atoms with Gasteiger partial charge in [0, 0.05) is 19.8 Å². The molecule has 0 heterocycles. The fourth-order valence-corrected chi connectivity index (χ4v) is 2.37. The molecular weight excluding hydrogens is 256 g/mol. The van der Waals surface area contributed by atoms with Gasteiger partial charge in [0.15, 0.2) is 0 Å². The van der Waals surface area contributed by atoms with Gasteiger partial charge in [0.05, 0.1) is 6.10 Å². The summed E-state index contributed by atoms with van der Waals surface area (Å²) in [5, 5.41) is 35.3. The van der Waals surface area contributed by atoms with Gasteiger partial charge in [-0.25, -0.2) is 0 Å². The molecule has 0 amide bonds. The smallest absolute Gasteiger partial charge is 0.0543 e. The predicted molar refractivity (Wildman–Crippen MR) is 83.5 cm³/mol. The molecule has 0 saturated heterocycles. The van der Waals surface area contributed by atoms with Crippen LogP contribution in [0.3, 0.4) is 0 Å². The summed E-state index contributed by atoms with van der Waals surface area (Å²) in [6.45, 7) is 10.6. The average Bonchev–Trinajstić information content (AvgIpc) is 2.40.